The molecule has 6 nitrogen and oxygen atoms in total. The van der Waals surface area contributed by atoms with Crippen LogP contribution >= 0.6 is 0 Å². The summed E-state index contributed by atoms with van der Waals surface area (Å²) in [6, 6.07) is 10.7. The van der Waals surface area contributed by atoms with Crippen molar-refractivity contribution in [3.8, 4) is 11.3 Å². The molecule has 1 aromatic heterocycles. The van der Waals surface area contributed by atoms with Crippen LogP contribution in [0.5, 0.6) is 0 Å². The highest BCUT2D eigenvalue weighted by Gasteiger charge is 2.23. The molecule has 0 atom stereocenters. The molecular weight excluding hydrogens is 358 g/mol. The standard InChI is InChI=1S/C22H21NO5/c1-14-19(22(25)28-23-14)13-18-10-11-20(26-18)15-6-5-7-16(12-15)21(24)27-17-8-3-2-4-9-17/h5-7,10-13,17H,2-4,8-9H2,1H3/b19-13+. The normalized spacial score (nSPS) is 18.8. The lowest BCUT2D eigenvalue weighted by Crippen LogP contribution is -2.20. The minimum absolute atomic E-state index is 0.0165. The van der Waals surface area contributed by atoms with E-state index < -0.39 is 5.97 Å². The number of carbonyl (C=O) groups is 2. The Balaban J connectivity index is 1.51. The third-order valence-electron chi connectivity index (χ3n) is 5.00. The molecule has 2 aliphatic rings. The minimum atomic E-state index is -0.497. The van der Waals surface area contributed by atoms with Gasteiger partial charge in [0.2, 0.25) is 0 Å². The Labute approximate surface area is 162 Å². The van der Waals surface area contributed by atoms with E-state index in [1.54, 1.807) is 43.3 Å². The van der Waals surface area contributed by atoms with E-state index in [9.17, 15) is 9.59 Å². The fraction of sp³-hybridized carbons (Fsp3) is 0.318. The number of furan rings is 1. The number of hydrogen-bond donors (Lipinski definition) is 0. The quantitative estimate of drug-likeness (QED) is 0.435. The second-order valence-corrected chi connectivity index (χ2v) is 7.06. The third kappa shape index (κ3) is 3.91. The molecule has 1 aromatic carbocycles. The van der Waals surface area contributed by atoms with E-state index in [4.69, 9.17) is 9.15 Å². The van der Waals surface area contributed by atoms with Gasteiger partial charge in [-0.1, -0.05) is 23.7 Å². The van der Waals surface area contributed by atoms with Gasteiger partial charge in [-0.3, -0.25) is 0 Å². The van der Waals surface area contributed by atoms with Crippen LogP contribution in [0.3, 0.4) is 0 Å². The molecule has 1 fully saturated rings. The topological polar surface area (TPSA) is 78.1 Å². The van der Waals surface area contributed by atoms with Crippen molar-refractivity contribution in [1.82, 2.24) is 0 Å². The molecule has 28 heavy (non-hydrogen) atoms. The van der Waals surface area contributed by atoms with Crippen LogP contribution in [-0.4, -0.2) is 23.8 Å². The first-order valence-corrected chi connectivity index (χ1v) is 9.49. The van der Waals surface area contributed by atoms with Crippen molar-refractivity contribution >= 4 is 23.7 Å². The van der Waals surface area contributed by atoms with E-state index in [0.29, 0.717) is 28.4 Å². The molecule has 0 bridgehead atoms. The van der Waals surface area contributed by atoms with Crippen LogP contribution < -0.4 is 0 Å². The highest BCUT2D eigenvalue weighted by molar-refractivity contribution is 6.24. The van der Waals surface area contributed by atoms with Gasteiger partial charge in [0.25, 0.3) is 0 Å². The molecule has 0 saturated heterocycles. The van der Waals surface area contributed by atoms with E-state index in [1.165, 1.54) is 6.42 Å². The summed E-state index contributed by atoms with van der Waals surface area (Å²) < 4.78 is 11.5. The predicted octanol–water partition coefficient (Wildman–Crippen LogP) is 4.75. The lowest BCUT2D eigenvalue weighted by atomic mass is 9.98. The Bertz CT molecular complexity index is 963. The second kappa shape index (κ2) is 7.84. The summed E-state index contributed by atoms with van der Waals surface area (Å²) in [6.07, 6.45) is 6.92. The Morgan fingerprint density at radius 3 is 2.75 bits per heavy atom. The van der Waals surface area contributed by atoms with Gasteiger partial charge < -0.3 is 14.0 Å². The summed E-state index contributed by atoms with van der Waals surface area (Å²) in [5.41, 5.74) is 2.14. The molecule has 144 valence electrons. The van der Waals surface area contributed by atoms with E-state index in [0.717, 1.165) is 31.2 Å². The maximum Gasteiger partial charge on any atom is 0.367 e. The van der Waals surface area contributed by atoms with Crippen LogP contribution in [0.15, 0.2) is 51.5 Å². The van der Waals surface area contributed by atoms with Crippen molar-refractivity contribution < 1.29 is 23.6 Å². The molecule has 6 heteroatoms. The monoisotopic (exact) mass is 379 g/mol. The number of nitrogens with zero attached hydrogens (tertiary/aromatic N) is 1. The molecule has 1 aliphatic heterocycles. The number of ether oxygens (including phenoxy) is 1. The highest BCUT2D eigenvalue weighted by atomic mass is 16.7. The molecule has 1 aliphatic carbocycles. The third-order valence-corrected chi connectivity index (χ3v) is 5.00. The van der Waals surface area contributed by atoms with E-state index in [1.807, 2.05) is 6.07 Å². The van der Waals surface area contributed by atoms with Gasteiger partial charge in [0.1, 0.15) is 17.6 Å². The zero-order valence-electron chi connectivity index (χ0n) is 15.6. The second-order valence-electron chi connectivity index (χ2n) is 7.06. The molecule has 0 spiro atoms. The molecule has 0 radical (unpaired) electrons. The smallest absolute Gasteiger partial charge is 0.367 e. The summed E-state index contributed by atoms with van der Waals surface area (Å²) in [6.45, 7) is 1.70. The van der Waals surface area contributed by atoms with Gasteiger partial charge in [-0.15, -0.1) is 0 Å². The van der Waals surface area contributed by atoms with E-state index in [-0.39, 0.29) is 12.1 Å². The summed E-state index contributed by atoms with van der Waals surface area (Å²) in [5.74, 6) is 0.305. The Kier molecular flexibility index (Phi) is 5.10. The average Bonchev–Trinajstić information content (AvgIpc) is 3.31. The van der Waals surface area contributed by atoms with Crippen LogP contribution in [0.4, 0.5) is 0 Å². The van der Waals surface area contributed by atoms with Gasteiger partial charge in [-0.05, 0) is 62.9 Å². The lowest BCUT2D eigenvalue weighted by Gasteiger charge is -2.21. The first-order valence-electron chi connectivity index (χ1n) is 9.49. The summed E-state index contributed by atoms with van der Waals surface area (Å²) in [5, 5.41) is 3.64. The molecule has 0 unspecified atom stereocenters. The van der Waals surface area contributed by atoms with Crippen molar-refractivity contribution in [2.75, 3.05) is 0 Å². The summed E-state index contributed by atoms with van der Waals surface area (Å²) in [4.78, 5) is 28.8. The van der Waals surface area contributed by atoms with E-state index in [2.05, 4.69) is 9.99 Å². The highest BCUT2D eigenvalue weighted by Crippen LogP contribution is 2.26. The van der Waals surface area contributed by atoms with Crippen molar-refractivity contribution in [3.63, 3.8) is 0 Å². The van der Waals surface area contributed by atoms with Gasteiger partial charge in [0.15, 0.2) is 0 Å². The predicted molar refractivity (Wildman–Crippen MR) is 104 cm³/mol. The molecule has 2 heterocycles. The molecular formula is C22H21NO5. The van der Waals surface area contributed by atoms with Crippen LogP contribution in [0.2, 0.25) is 0 Å². The van der Waals surface area contributed by atoms with Crippen LogP contribution in [-0.2, 0) is 14.4 Å². The van der Waals surface area contributed by atoms with Crippen LogP contribution in [0.25, 0.3) is 17.4 Å². The molecule has 0 amide bonds. The Morgan fingerprint density at radius 1 is 1.18 bits per heavy atom. The number of esters is 1. The van der Waals surface area contributed by atoms with Gasteiger partial charge in [-0.2, -0.15) is 0 Å². The summed E-state index contributed by atoms with van der Waals surface area (Å²) >= 11 is 0. The van der Waals surface area contributed by atoms with Gasteiger partial charge >= 0.3 is 11.9 Å². The Morgan fingerprint density at radius 2 is 2.00 bits per heavy atom. The summed E-state index contributed by atoms with van der Waals surface area (Å²) in [7, 11) is 0. The fourth-order valence-electron chi connectivity index (χ4n) is 3.45. The number of oxime groups is 1. The maximum atomic E-state index is 12.5. The van der Waals surface area contributed by atoms with Crippen molar-refractivity contribution in [2.45, 2.75) is 45.1 Å². The number of benzene rings is 1. The first kappa shape index (κ1) is 18.2. The fourth-order valence-corrected chi connectivity index (χ4v) is 3.45. The molecule has 0 N–H and O–H groups in total. The molecule has 2 aromatic rings. The Hall–Kier alpha value is -3.15. The van der Waals surface area contributed by atoms with Gasteiger partial charge in [0.05, 0.1) is 16.8 Å². The minimum Gasteiger partial charge on any atom is -0.459 e. The maximum absolute atomic E-state index is 12.5. The van der Waals surface area contributed by atoms with E-state index >= 15 is 0 Å². The largest absolute Gasteiger partial charge is 0.459 e. The SMILES string of the molecule is CC1=NOC(=O)/C1=C/c1ccc(-c2cccc(C(=O)OC3CCCCC3)c2)o1. The zero-order valence-corrected chi connectivity index (χ0v) is 15.6. The van der Waals surface area contributed by atoms with Crippen molar-refractivity contribution in [1.29, 1.82) is 0 Å². The number of rotatable bonds is 4. The van der Waals surface area contributed by atoms with Crippen LogP contribution in [0.1, 0.15) is 55.1 Å². The van der Waals surface area contributed by atoms with Crippen molar-refractivity contribution in [3.05, 3.63) is 53.3 Å². The number of carbonyl (C=O) groups excluding carboxylic acids is 2. The molecule has 4 rings (SSSR count). The van der Waals surface area contributed by atoms with Crippen LogP contribution in [0, 0.1) is 0 Å². The average molecular weight is 379 g/mol. The zero-order chi connectivity index (χ0) is 19.5. The molecule has 1 saturated carbocycles. The van der Waals surface area contributed by atoms with Gasteiger partial charge in [0, 0.05) is 5.56 Å². The van der Waals surface area contributed by atoms with Crippen molar-refractivity contribution in [2.24, 2.45) is 5.16 Å². The van der Waals surface area contributed by atoms with Gasteiger partial charge in [-0.25, -0.2) is 9.59 Å². The number of hydrogen-bond acceptors (Lipinski definition) is 6. The lowest BCUT2D eigenvalue weighted by molar-refractivity contribution is -0.136. The first-order chi connectivity index (χ1) is 13.6.